The van der Waals surface area contributed by atoms with Crippen LogP contribution in [0.1, 0.15) is 36.2 Å². The highest BCUT2D eigenvalue weighted by molar-refractivity contribution is 5.77. The lowest BCUT2D eigenvalue weighted by Crippen LogP contribution is -2.21. The molecule has 29 heavy (non-hydrogen) atoms. The molecule has 150 valence electrons. The molecule has 4 aromatic rings. The quantitative estimate of drug-likeness (QED) is 0.550. The molecule has 3 aromatic heterocycles. The van der Waals surface area contributed by atoms with E-state index < -0.39 is 11.6 Å². The summed E-state index contributed by atoms with van der Waals surface area (Å²) in [6.45, 7) is 3.07. The maximum absolute atomic E-state index is 13.9. The minimum atomic E-state index is -0.980. The molecule has 2 N–H and O–H groups in total. The van der Waals surface area contributed by atoms with Crippen molar-refractivity contribution in [2.24, 2.45) is 0 Å². The summed E-state index contributed by atoms with van der Waals surface area (Å²) in [6, 6.07) is 2.55. The second kappa shape index (κ2) is 6.73. The highest BCUT2D eigenvalue weighted by Gasteiger charge is 2.23. The zero-order valence-corrected chi connectivity index (χ0v) is 15.6. The van der Waals surface area contributed by atoms with Crippen LogP contribution in [0.5, 0.6) is 0 Å². The highest BCUT2D eigenvalue weighted by Crippen LogP contribution is 2.25. The predicted octanol–water partition coefficient (Wildman–Crippen LogP) is 2.52. The number of hydrogen-bond acceptors (Lipinski definition) is 5. The smallest absolute Gasteiger partial charge is 0.262 e. The Kier molecular flexibility index (Phi) is 4.16. The Labute approximate surface area is 162 Å². The Balaban J connectivity index is 1.57. The van der Waals surface area contributed by atoms with Crippen LogP contribution in [-0.4, -0.2) is 42.9 Å². The van der Waals surface area contributed by atoms with Crippen molar-refractivity contribution in [1.82, 2.24) is 29.7 Å². The molecule has 0 bridgehead atoms. The van der Waals surface area contributed by atoms with Gasteiger partial charge >= 0.3 is 0 Å². The molecule has 8 nitrogen and oxygen atoms in total. The van der Waals surface area contributed by atoms with Gasteiger partial charge in [-0.1, -0.05) is 0 Å². The number of halogens is 2. The van der Waals surface area contributed by atoms with Crippen molar-refractivity contribution < 1.29 is 13.5 Å². The molecule has 0 saturated carbocycles. The Morgan fingerprint density at radius 3 is 2.72 bits per heavy atom. The van der Waals surface area contributed by atoms with Crippen LogP contribution in [0.15, 0.2) is 16.9 Å². The van der Waals surface area contributed by atoms with E-state index in [1.807, 2.05) is 0 Å². The monoisotopic (exact) mass is 400 g/mol. The Bertz CT molecular complexity index is 1290. The molecule has 0 spiro atoms. The van der Waals surface area contributed by atoms with E-state index in [-0.39, 0.29) is 23.5 Å². The van der Waals surface area contributed by atoms with Crippen molar-refractivity contribution in [2.45, 2.75) is 32.2 Å². The summed E-state index contributed by atoms with van der Waals surface area (Å²) in [5.41, 5.74) is 1.15. The largest absolute Gasteiger partial charge is 0.381 e. The van der Waals surface area contributed by atoms with Gasteiger partial charge in [-0.25, -0.2) is 23.4 Å². The number of fused-ring (bicyclic) bond motifs is 2. The first-order chi connectivity index (χ1) is 14.0. The van der Waals surface area contributed by atoms with Gasteiger partial charge < -0.3 is 14.7 Å². The average molecular weight is 400 g/mol. The molecule has 0 radical (unpaired) electrons. The molecule has 1 saturated heterocycles. The van der Waals surface area contributed by atoms with Crippen LogP contribution in [0, 0.1) is 18.6 Å². The first kappa shape index (κ1) is 17.9. The number of hydrogen-bond donors (Lipinski definition) is 2. The first-order valence-corrected chi connectivity index (χ1v) is 9.39. The average Bonchev–Trinajstić information content (AvgIpc) is 3.27. The molecule has 0 amide bonds. The van der Waals surface area contributed by atoms with Crippen molar-refractivity contribution >= 4 is 22.1 Å². The van der Waals surface area contributed by atoms with E-state index in [9.17, 15) is 13.6 Å². The zero-order chi connectivity index (χ0) is 20.1. The van der Waals surface area contributed by atoms with Crippen LogP contribution < -0.4 is 5.56 Å². The molecule has 0 aliphatic carbocycles. The topological polar surface area (TPSA) is 101 Å². The second-order valence-electron chi connectivity index (χ2n) is 7.20. The third-order valence-corrected chi connectivity index (χ3v) is 5.26. The number of H-pyrrole nitrogens is 2. The summed E-state index contributed by atoms with van der Waals surface area (Å²) in [5.74, 6) is -1.18. The maximum atomic E-state index is 13.9. The van der Waals surface area contributed by atoms with Crippen LogP contribution in [0.3, 0.4) is 0 Å². The minimum absolute atomic E-state index is 0.00785. The molecule has 1 aliphatic heterocycles. The van der Waals surface area contributed by atoms with E-state index in [0.717, 1.165) is 18.9 Å². The zero-order valence-electron chi connectivity index (χ0n) is 15.6. The molecule has 1 fully saturated rings. The van der Waals surface area contributed by atoms with Crippen LogP contribution in [0.2, 0.25) is 0 Å². The normalized spacial score (nSPS) is 15.6. The van der Waals surface area contributed by atoms with Crippen LogP contribution in [0.4, 0.5) is 8.78 Å². The highest BCUT2D eigenvalue weighted by atomic mass is 19.2. The predicted molar refractivity (Wildman–Crippen MR) is 101 cm³/mol. The number of aromatic amines is 2. The van der Waals surface area contributed by atoms with E-state index in [0.29, 0.717) is 47.1 Å². The summed E-state index contributed by atoms with van der Waals surface area (Å²) in [4.78, 5) is 27.1. The molecular weight excluding hydrogens is 382 g/mol. The standard InChI is InChI=1S/C19H18F2N6O2/c1-9-15-18(27(26-9)10-4-6-29-7-5-10)24-14(25-19(15)28)8-13-22-12-3-2-11(20)16(21)17(12)23-13/h2-3,10H,4-8H2,1H3,(H,22,23)(H,24,25,28). The van der Waals surface area contributed by atoms with E-state index >= 15 is 0 Å². The molecule has 5 rings (SSSR count). The molecular formula is C19H18F2N6O2. The van der Waals surface area contributed by atoms with Gasteiger partial charge in [0.2, 0.25) is 0 Å². The van der Waals surface area contributed by atoms with E-state index in [1.54, 1.807) is 11.6 Å². The van der Waals surface area contributed by atoms with Gasteiger partial charge in [-0.15, -0.1) is 0 Å². The van der Waals surface area contributed by atoms with Gasteiger partial charge in [0.1, 0.15) is 22.6 Å². The number of nitrogens with zero attached hydrogens (tertiary/aromatic N) is 4. The number of benzene rings is 1. The fourth-order valence-electron chi connectivity index (χ4n) is 3.84. The molecule has 4 heterocycles. The van der Waals surface area contributed by atoms with E-state index in [2.05, 4.69) is 25.0 Å². The minimum Gasteiger partial charge on any atom is -0.381 e. The number of nitrogens with one attached hydrogen (secondary N) is 2. The lowest BCUT2D eigenvalue weighted by Gasteiger charge is -2.22. The van der Waals surface area contributed by atoms with Crippen molar-refractivity contribution in [3.63, 3.8) is 0 Å². The number of aryl methyl sites for hydroxylation is 1. The summed E-state index contributed by atoms with van der Waals surface area (Å²) < 4.78 is 34.6. The van der Waals surface area contributed by atoms with Gasteiger partial charge in [0.25, 0.3) is 5.56 Å². The van der Waals surface area contributed by atoms with Crippen molar-refractivity contribution in [1.29, 1.82) is 0 Å². The first-order valence-electron chi connectivity index (χ1n) is 9.39. The molecule has 0 unspecified atom stereocenters. The number of rotatable bonds is 3. The summed E-state index contributed by atoms with van der Waals surface area (Å²) >= 11 is 0. The van der Waals surface area contributed by atoms with Crippen LogP contribution >= 0.6 is 0 Å². The van der Waals surface area contributed by atoms with Crippen LogP contribution in [-0.2, 0) is 11.2 Å². The number of imidazole rings is 1. The summed E-state index contributed by atoms with van der Waals surface area (Å²) in [5, 5.41) is 5.00. The second-order valence-corrected chi connectivity index (χ2v) is 7.20. The Hall–Kier alpha value is -3.14. The third-order valence-electron chi connectivity index (χ3n) is 5.26. The third kappa shape index (κ3) is 3.00. The Morgan fingerprint density at radius 1 is 1.17 bits per heavy atom. The van der Waals surface area contributed by atoms with E-state index in [4.69, 9.17) is 4.74 Å². The molecule has 1 aromatic carbocycles. The fraction of sp³-hybridized carbons (Fsp3) is 0.368. The van der Waals surface area contributed by atoms with Gasteiger partial charge in [0, 0.05) is 13.2 Å². The lowest BCUT2D eigenvalue weighted by molar-refractivity contribution is 0.0672. The number of ether oxygens (including phenoxy) is 1. The Morgan fingerprint density at radius 2 is 1.93 bits per heavy atom. The van der Waals surface area contributed by atoms with Crippen molar-refractivity contribution in [3.05, 3.63) is 51.5 Å². The van der Waals surface area contributed by atoms with Gasteiger partial charge in [-0.3, -0.25) is 4.79 Å². The van der Waals surface area contributed by atoms with Gasteiger partial charge in [-0.2, -0.15) is 5.10 Å². The fourth-order valence-corrected chi connectivity index (χ4v) is 3.84. The number of aromatic nitrogens is 6. The van der Waals surface area contributed by atoms with E-state index in [1.165, 1.54) is 6.07 Å². The molecule has 10 heteroatoms. The molecule has 0 atom stereocenters. The molecule has 1 aliphatic rings. The van der Waals surface area contributed by atoms with Gasteiger partial charge in [0.15, 0.2) is 17.3 Å². The summed E-state index contributed by atoms with van der Waals surface area (Å²) in [7, 11) is 0. The van der Waals surface area contributed by atoms with Gasteiger partial charge in [0.05, 0.1) is 23.7 Å². The van der Waals surface area contributed by atoms with Crippen molar-refractivity contribution in [3.8, 4) is 0 Å². The SMILES string of the molecule is Cc1nn(C2CCOCC2)c2nc(Cc3nc4ccc(F)c(F)c4[nH]3)[nH]c(=O)c12. The lowest BCUT2D eigenvalue weighted by atomic mass is 10.1. The van der Waals surface area contributed by atoms with Gasteiger partial charge in [-0.05, 0) is 31.9 Å². The summed E-state index contributed by atoms with van der Waals surface area (Å²) in [6.07, 6.45) is 1.74. The van der Waals surface area contributed by atoms with Crippen LogP contribution in [0.25, 0.3) is 22.1 Å². The van der Waals surface area contributed by atoms with Crippen molar-refractivity contribution in [2.75, 3.05) is 13.2 Å². The maximum Gasteiger partial charge on any atom is 0.262 e.